The van der Waals surface area contributed by atoms with Crippen LogP contribution < -0.4 is 5.32 Å². The van der Waals surface area contributed by atoms with Crippen molar-refractivity contribution in [2.75, 3.05) is 5.32 Å². The molecule has 2 aromatic heterocycles. The van der Waals surface area contributed by atoms with Gasteiger partial charge in [-0.2, -0.15) is 10.4 Å². The molecule has 2 N–H and O–H groups in total. The van der Waals surface area contributed by atoms with Gasteiger partial charge < -0.3 is 10.4 Å². The second kappa shape index (κ2) is 5.27. The number of fused-ring (bicyclic) bond motifs is 2. The highest BCUT2D eigenvalue weighted by Crippen LogP contribution is 2.28. The molecule has 0 amide bonds. The highest BCUT2D eigenvalue weighted by molar-refractivity contribution is 5.73. The van der Waals surface area contributed by atoms with E-state index in [1.807, 2.05) is 48.7 Å². The van der Waals surface area contributed by atoms with Crippen molar-refractivity contribution in [1.29, 1.82) is 5.26 Å². The Balaban J connectivity index is 1.70. The van der Waals surface area contributed by atoms with E-state index < -0.39 is 6.23 Å². The molecule has 1 unspecified atom stereocenters. The van der Waals surface area contributed by atoms with Gasteiger partial charge in [-0.3, -0.25) is 0 Å². The highest BCUT2D eigenvalue weighted by Gasteiger charge is 2.18. The minimum atomic E-state index is -0.707. The van der Waals surface area contributed by atoms with Crippen LogP contribution in [0.3, 0.4) is 0 Å². The molecule has 1 atom stereocenters. The number of aliphatic hydroxyl groups is 1. The summed E-state index contributed by atoms with van der Waals surface area (Å²) in [5.74, 6) is 0. The molecule has 0 bridgehead atoms. The van der Waals surface area contributed by atoms with Crippen LogP contribution >= 0.6 is 0 Å². The first-order chi connectivity index (χ1) is 11.2. The van der Waals surface area contributed by atoms with E-state index in [9.17, 15) is 5.11 Å². The minimum absolute atomic E-state index is 0.550. The predicted molar refractivity (Wildman–Crippen MR) is 87.7 cm³/mol. The van der Waals surface area contributed by atoms with Crippen LogP contribution in [-0.4, -0.2) is 20.9 Å². The van der Waals surface area contributed by atoms with E-state index in [1.54, 1.807) is 10.7 Å². The maximum absolute atomic E-state index is 10.3. The van der Waals surface area contributed by atoms with Crippen molar-refractivity contribution in [2.24, 2.45) is 0 Å². The van der Waals surface area contributed by atoms with Crippen LogP contribution in [0.25, 0.3) is 11.6 Å². The summed E-state index contributed by atoms with van der Waals surface area (Å²) in [7, 11) is 0. The molecular formula is C18H14N4O. The molecule has 0 radical (unpaired) electrons. The maximum atomic E-state index is 10.3. The lowest BCUT2D eigenvalue weighted by Gasteiger charge is -2.24. The van der Waals surface area contributed by atoms with Gasteiger partial charge in [0.15, 0.2) is 0 Å². The molecule has 1 aliphatic rings. The van der Waals surface area contributed by atoms with Gasteiger partial charge in [-0.25, -0.2) is 4.52 Å². The Morgan fingerprint density at radius 3 is 3.04 bits per heavy atom. The Labute approximate surface area is 133 Å². The van der Waals surface area contributed by atoms with E-state index in [-0.39, 0.29) is 0 Å². The fourth-order valence-electron chi connectivity index (χ4n) is 2.88. The van der Waals surface area contributed by atoms with Crippen LogP contribution in [0, 0.1) is 11.3 Å². The number of hydrogen-bond donors (Lipinski definition) is 2. The summed E-state index contributed by atoms with van der Waals surface area (Å²) in [5, 5.41) is 26.7. The average molecular weight is 302 g/mol. The molecule has 0 fully saturated rings. The minimum Gasteiger partial charge on any atom is -0.370 e. The number of anilines is 1. The van der Waals surface area contributed by atoms with Gasteiger partial charge in [0.1, 0.15) is 12.3 Å². The zero-order chi connectivity index (χ0) is 15.8. The van der Waals surface area contributed by atoms with E-state index in [0.717, 1.165) is 27.9 Å². The molecule has 1 aliphatic heterocycles. The molecule has 3 aromatic rings. The van der Waals surface area contributed by atoms with Crippen molar-refractivity contribution >= 4 is 17.3 Å². The van der Waals surface area contributed by atoms with E-state index in [1.165, 1.54) is 0 Å². The molecule has 0 aliphatic carbocycles. The first-order valence-corrected chi connectivity index (χ1v) is 7.35. The third kappa shape index (κ3) is 2.35. The van der Waals surface area contributed by atoms with Gasteiger partial charge in [-0.05, 0) is 47.4 Å². The molecule has 0 spiro atoms. The number of aliphatic hydroxyl groups excluding tert-OH is 1. The summed E-state index contributed by atoms with van der Waals surface area (Å²) in [6.45, 7) is 0. The second-order valence-corrected chi connectivity index (χ2v) is 5.57. The lowest BCUT2D eigenvalue weighted by atomic mass is 9.97. The van der Waals surface area contributed by atoms with Crippen LogP contribution in [-0.2, 0) is 6.42 Å². The third-order valence-electron chi connectivity index (χ3n) is 4.06. The van der Waals surface area contributed by atoms with Crippen molar-refractivity contribution in [3.8, 4) is 6.07 Å². The van der Waals surface area contributed by atoms with Crippen molar-refractivity contribution in [3.05, 3.63) is 71.1 Å². The molecular weight excluding hydrogens is 288 g/mol. The van der Waals surface area contributed by atoms with Crippen LogP contribution in [0.4, 0.5) is 5.69 Å². The van der Waals surface area contributed by atoms with Gasteiger partial charge in [0.2, 0.25) is 0 Å². The van der Waals surface area contributed by atoms with Crippen LogP contribution in [0.1, 0.15) is 16.7 Å². The number of nitriles is 1. The summed E-state index contributed by atoms with van der Waals surface area (Å²) in [6, 6.07) is 13.9. The molecule has 1 aromatic carbocycles. The number of nitrogens with one attached hydrogen (secondary N) is 1. The Kier molecular flexibility index (Phi) is 3.11. The molecule has 23 heavy (non-hydrogen) atoms. The summed E-state index contributed by atoms with van der Waals surface area (Å²) >= 11 is 0. The molecule has 5 heteroatoms. The second-order valence-electron chi connectivity index (χ2n) is 5.57. The van der Waals surface area contributed by atoms with Gasteiger partial charge in [0, 0.05) is 11.9 Å². The SMILES string of the molecule is N#Cc1cnn2ccc(CC3=Cc4ccccc4NC3O)cc12. The van der Waals surface area contributed by atoms with Crippen LogP contribution in [0.5, 0.6) is 0 Å². The molecule has 5 nitrogen and oxygen atoms in total. The van der Waals surface area contributed by atoms with Gasteiger partial charge in [0.05, 0.1) is 17.3 Å². The average Bonchev–Trinajstić information content (AvgIpc) is 2.98. The summed E-state index contributed by atoms with van der Waals surface area (Å²) in [5.41, 5.74) is 5.25. The number of pyridine rings is 1. The summed E-state index contributed by atoms with van der Waals surface area (Å²) in [6.07, 6.45) is 5.31. The third-order valence-corrected chi connectivity index (χ3v) is 4.06. The summed E-state index contributed by atoms with van der Waals surface area (Å²) < 4.78 is 1.68. The number of hydrogen-bond acceptors (Lipinski definition) is 4. The lowest BCUT2D eigenvalue weighted by molar-refractivity contribution is 0.237. The smallest absolute Gasteiger partial charge is 0.147 e. The zero-order valence-corrected chi connectivity index (χ0v) is 12.3. The molecule has 112 valence electrons. The Bertz CT molecular complexity index is 965. The highest BCUT2D eigenvalue weighted by atomic mass is 16.3. The monoisotopic (exact) mass is 302 g/mol. The number of aromatic nitrogens is 2. The fraction of sp³-hybridized carbons (Fsp3) is 0.111. The maximum Gasteiger partial charge on any atom is 0.147 e. The van der Waals surface area contributed by atoms with Gasteiger partial charge in [-0.1, -0.05) is 18.2 Å². The summed E-state index contributed by atoms with van der Waals surface area (Å²) in [4.78, 5) is 0. The Morgan fingerprint density at radius 2 is 2.17 bits per heavy atom. The lowest BCUT2D eigenvalue weighted by Crippen LogP contribution is -2.25. The fourth-order valence-corrected chi connectivity index (χ4v) is 2.88. The van der Waals surface area contributed by atoms with E-state index >= 15 is 0 Å². The zero-order valence-electron chi connectivity index (χ0n) is 12.3. The largest absolute Gasteiger partial charge is 0.370 e. The quantitative estimate of drug-likeness (QED) is 0.763. The van der Waals surface area contributed by atoms with Gasteiger partial charge in [0.25, 0.3) is 0 Å². The Hall–Kier alpha value is -3.10. The predicted octanol–water partition coefficient (Wildman–Crippen LogP) is 2.58. The Morgan fingerprint density at radius 1 is 1.30 bits per heavy atom. The number of rotatable bonds is 2. The number of nitrogens with zero attached hydrogens (tertiary/aromatic N) is 3. The number of benzene rings is 1. The topological polar surface area (TPSA) is 73.4 Å². The normalized spacial score (nSPS) is 16.3. The number of para-hydroxylation sites is 1. The van der Waals surface area contributed by atoms with Crippen molar-refractivity contribution in [1.82, 2.24) is 9.61 Å². The van der Waals surface area contributed by atoms with Crippen molar-refractivity contribution < 1.29 is 5.11 Å². The molecule has 4 rings (SSSR count). The standard InChI is InChI=1S/C18H14N4O/c19-10-15-11-20-22-6-5-12(8-17(15)22)7-14-9-13-3-1-2-4-16(13)21-18(14)23/h1-6,8-9,11,18,21,23H,7H2. The van der Waals surface area contributed by atoms with Gasteiger partial charge >= 0.3 is 0 Å². The van der Waals surface area contributed by atoms with E-state index in [0.29, 0.717) is 12.0 Å². The first kappa shape index (κ1) is 13.6. The van der Waals surface area contributed by atoms with Crippen molar-refractivity contribution in [3.63, 3.8) is 0 Å². The van der Waals surface area contributed by atoms with Crippen LogP contribution in [0.2, 0.25) is 0 Å². The molecule has 0 saturated heterocycles. The van der Waals surface area contributed by atoms with Crippen LogP contribution in [0.15, 0.2) is 54.4 Å². The first-order valence-electron chi connectivity index (χ1n) is 7.35. The van der Waals surface area contributed by atoms with Gasteiger partial charge in [-0.15, -0.1) is 0 Å². The molecule has 3 heterocycles. The molecule has 0 saturated carbocycles. The van der Waals surface area contributed by atoms with E-state index in [4.69, 9.17) is 5.26 Å². The van der Waals surface area contributed by atoms with E-state index in [2.05, 4.69) is 16.5 Å². The van der Waals surface area contributed by atoms with Crippen molar-refractivity contribution in [2.45, 2.75) is 12.6 Å².